The fourth-order valence-corrected chi connectivity index (χ4v) is 1.82. The summed E-state index contributed by atoms with van der Waals surface area (Å²) in [6.07, 6.45) is -4.99. The van der Waals surface area contributed by atoms with Gasteiger partial charge in [-0.25, -0.2) is 4.79 Å². The van der Waals surface area contributed by atoms with Crippen molar-refractivity contribution >= 4 is 17.6 Å². The van der Waals surface area contributed by atoms with E-state index >= 15 is 0 Å². The summed E-state index contributed by atoms with van der Waals surface area (Å²) in [5.74, 6) is -3.65. The number of amides is 2. The van der Waals surface area contributed by atoms with Crippen LogP contribution in [0.3, 0.4) is 0 Å². The summed E-state index contributed by atoms with van der Waals surface area (Å²) in [7, 11) is 0. The average Bonchev–Trinajstić information content (AvgIpc) is 2.65. The molecular formula is C12H12ClF3N2O3. The molecular weight excluding hydrogens is 313 g/mol. The van der Waals surface area contributed by atoms with Gasteiger partial charge in [0.25, 0.3) is 0 Å². The minimum atomic E-state index is -4.99. The summed E-state index contributed by atoms with van der Waals surface area (Å²) < 4.78 is 49.3. The van der Waals surface area contributed by atoms with Gasteiger partial charge in [0.05, 0.1) is 0 Å². The summed E-state index contributed by atoms with van der Waals surface area (Å²) in [5.41, 5.74) is 0. The Kier molecular flexibility index (Phi) is 3.83. The van der Waals surface area contributed by atoms with Gasteiger partial charge in [0.15, 0.2) is 11.5 Å². The number of alkyl halides is 3. The Morgan fingerprint density at radius 2 is 1.90 bits per heavy atom. The third-order valence-corrected chi connectivity index (χ3v) is 2.72. The van der Waals surface area contributed by atoms with Gasteiger partial charge in [-0.3, -0.25) is 5.32 Å². The van der Waals surface area contributed by atoms with Crippen molar-refractivity contribution in [2.75, 3.05) is 0 Å². The second-order valence-electron chi connectivity index (χ2n) is 4.66. The first-order valence-corrected chi connectivity index (χ1v) is 6.34. The molecule has 2 amide bonds. The number of carbonyl (C=O) groups is 1. The molecule has 0 radical (unpaired) electrons. The number of halogens is 4. The number of urea groups is 1. The van der Waals surface area contributed by atoms with E-state index < -0.39 is 18.1 Å². The molecule has 1 unspecified atom stereocenters. The lowest BCUT2D eigenvalue weighted by Gasteiger charge is -2.30. The van der Waals surface area contributed by atoms with E-state index in [1.54, 1.807) is 19.2 Å². The molecule has 0 saturated heterocycles. The van der Waals surface area contributed by atoms with Crippen molar-refractivity contribution in [3.05, 3.63) is 23.2 Å². The topological polar surface area (TPSA) is 59.6 Å². The maximum absolute atomic E-state index is 13.3. The van der Waals surface area contributed by atoms with Crippen molar-refractivity contribution in [2.24, 2.45) is 0 Å². The van der Waals surface area contributed by atoms with E-state index in [1.165, 1.54) is 18.2 Å². The molecule has 0 spiro atoms. The van der Waals surface area contributed by atoms with E-state index in [-0.39, 0.29) is 22.6 Å². The summed E-state index contributed by atoms with van der Waals surface area (Å²) in [5, 5.41) is 4.12. The number of carbonyl (C=O) groups excluding carboxylic acids is 1. The molecule has 0 bridgehead atoms. The minimum absolute atomic E-state index is 0.165. The maximum atomic E-state index is 13.3. The van der Waals surface area contributed by atoms with Crippen LogP contribution < -0.4 is 20.1 Å². The van der Waals surface area contributed by atoms with Gasteiger partial charge in [-0.05, 0) is 26.0 Å². The molecule has 1 aliphatic rings. The Labute approximate surface area is 123 Å². The van der Waals surface area contributed by atoms with Crippen LogP contribution in [0.4, 0.5) is 18.0 Å². The van der Waals surface area contributed by atoms with E-state index in [9.17, 15) is 18.0 Å². The van der Waals surface area contributed by atoms with Crippen molar-refractivity contribution in [1.29, 1.82) is 0 Å². The first kappa shape index (κ1) is 15.6. The van der Waals surface area contributed by atoms with Crippen LogP contribution in [0.5, 0.6) is 11.5 Å². The zero-order chi connectivity index (χ0) is 15.8. The van der Waals surface area contributed by atoms with Gasteiger partial charge in [0, 0.05) is 17.1 Å². The van der Waals surface area contributed by atoms with Gasteiger partial charge in [0.2, 0.25) is 0 Å². The van der Waals surface area contributed by atoms with Crippen LogP contribution in [0, 0.1) is 0 Å². The minimum Gasteiger partial charge on any atom is -0.424 e. The molecule has 9 heteroatoms. The summed E-state index contributed by atoms with van der Waals surface area (Å²) in [6.45, 7) is 3.20. The van der Waals surface area contributed by atoms with Crippen LogP contribution in [0.2, 0.25) is 5.02 Å². The lowest BCUT2D eigenvalue weighted by atomic mass is 10.3. The highest BCUT2D eigenvalue weighted by atomic mass is 35.5. The van der Waals surface area contributed by atoms with E-state index in [0.29, 0.717) is 0 Å². The number of ether oxygens (including phenoxy) is 2. The Balaban J connectivity index is 2.28. The van der Waals surface area contributed by atoms with Crippen molar-refractivity contribution in [3.63, 3.8) is 0 Å². The Hall–Kier alpha value is -1.83. The SMILES string of the molecule is CC(C)NC(=O)NC1(C(F)(F)F)Oc2ccc(Cl)cc2O1. The number of hydrogen-bond acceptors (Lipinski definition) is 3. The second kappa shape index (κ2) is 5.18. The molecule has 0 aliphatic carbocycles. The van der Waals surface area contributed by atoms with Crippen LogP contribution in [-0.2, 0) is 0 Å². The molecule has 21 heavy (non-hydrogen) atoms. The lowest BCUT2D eigenvalue weighted by molar-refractivity contribution is -0.317. The number of hydrogen-bond donors (Lipinski definition) is 2. The highest BCUT2D eigenvalue weighted by molar-refractivity contribution is 6.30. The number of fused-ring (bicyclic) bond motifs is 1. The Morgan fingerprint density at radius 1 is 1.29 bits per heavy atom. The van der Waals surface area contributed by atoms with Gasteiger partial charge in [-0.1, -0.05) is 11.6 Å². The molecule has 1 heterocycles. The molecule has 0 saturated carbocycles. The molecule has 1 aromatic carbocycles. The first-order valence-electron chi connectivity index (χ1n) is 5.96. The Morgan fingerprint density at radius 3 is 2.48 bits per heavy atom. The maximum Gasteiger partial charge on any atom is 0.492 e. The van der Waals surface area contributed by atoms with Crippen molar-refractivity contribution in [3.8, 4) is 11.5 Å². The zero-order valence-electron chi connectivity index (χ0n) is 11.0. The van der Waals surface area contributed by atoms with Crippen molar-refractivity contribution in [2.45, 2.75) is 32.0 Å². The third-order valence-electron chi connectivity index (χ3n) is 2.48. The third kappa shape index (κ3) is 3.10. The fourth-order valence-electron chi connectivity index (χ4n) is 1.66. The molecule has 2 N–H and O–H groups in total. The average molecular weight is 325 g/mol. The molecule has 1 atom stereocenters. The van der Waals surface area contributed by atoms with Crippen molar-refractivity contribution < 1.29 is 27.4 Å². The number of nitrogens with one attached hydrogen (secondary N) is 2. The van der Waals surface area contributed by atoms with Gasteiger partial charge in [-0.15, -0.1) is 0 Å². The quantitative estimate of drug-likeness (QED) is 0.879. The van der Waals surface area contributed by atoms with Crippen LogP contribution >= 0.6 is 11.6 Å². The largest absolute Gasteiger partial charge is 0.492 e. The highest BCUT2D eigenvalue weighted by Crippen LogP contribution is 2.45. The zero-order valence-corrected chi connectivity index (χ0v) is 11.8. The number of benzene rings is 1. The van der Waals surface area contributed by atoms with Crippen LogP contribution in [0.15, 0.2) is 18.2 Å². The van der Waals surface area contributed by atoms with Gasteiger partial charge in [0.1, 0.15) is 0 Å². The standard InChI is InChI=1S/C12H12ClF3N2O3/c1-6(2)17-10(19)18-12(11(14,15)16)20-8-4-3-7(13)5-9(8)21-12/h3-6H,1-2H3,(H2,17,18,19). The second-order valence-corrected chi connectivity index (χ2v) is 5.10. The van der Waals surface area contributed by atoms with E-state index in [1.807, 2.05) is 0 Å². The van der Waals surface area contributed by atoms with Gasteiger partial charge >= 0.3 is 18.1 Å². The van der Waals surface area contributed by atoms with Crippen LogP contribution in [0.25, 0.3) is 0 Å². The van der Waals surface area contributed by atoms with E-state index in [0.717, 1.165) is 0 Å². The summed E-state index contributed by atoms with van der Waals surface area (Å²) >= 11 is 5.69. The van der Waals surface area contributed by atoms with E-state index in [4.69, 9.17) is 21.1 Å². The molecule has 0 aromatic heterocycles. The molecule has 1 aromatic rings. The summed E-state index contributed by atoms with van der Waals surface area (Å²) in [6, 6.07) is 2.33. The lowest BCUT2D eigenvalue weighted by Crippen LogP contribution is -2.66. The normalized spacial score (nSPS) is 20.5. The smallest absolute Gasteiger partial charge is 0.424 e. The van der Waals surface area contributed by atoms with Crippen molar-refractivity contribution in [1.82, 2.24) is 10.6 Å². The summed E-state index contributed by atoms with van der Waals surface area (Å²) in [4.78, 5) is 11.6. The molecule has 1 aliphatic heterocycles. The highest BCUT2D eigenvalue weighted by Gasteiger charge is 2.65. The first-order chi connectivity index (χ1) is 9.63. The molecule has 116 valence electrons. The van der Waals surface area contributed by atoms with Crippen LogP contribution in [0.1, 0.15) is 13.8 Å². The van der Waals surface area contributed by atoms with E-state index in [2.05, 4.69) is 5.32 Å². The fraction of sp³-hybridized carbons (Fsp3) is 0.417. The van der Waals surface area contributed by atoms with Crippen LogP contribution in [-0.4, -0.2) is 24.2 Å². The number of rotatable bonds is 2. The predicted octanol–water partition coefficient (Wildman–Crippen LogP) is 3.03. The monoisotopic (exact) mass is 324 g/mol. The van der Waals surface area contributed by atoms with Gasteiger partial charge in [-0.2, -0.15) is 13.2 Å². The van der Waals surface area contributed by atoms with Gasteiger partial charge < -0.3 is 14.8 Å². The molecule has 5 nitrogen and oxygen atoms in total. The molecule has 0 fully saturated rings. The predicted molar refractivity (Wildman–Crippen MR) is 68.3 cm³/mol. The molecule has 2 rings (SSSR count). The Bertz CT molecular complexity index is 565.